The highest BCUT2D eigenvalue weighted by atomic mass is 16.6. The van der Waals surface area contributed by atoms with Gasteiger partial charge in [0.1, 0.15) is 12.7 Å². The lowest BCUT2D eigenvalue weighted by atomic mass is 10.3. The predicted octanol–water partition coefficient (Wildman–Crippen LogP) is 1.89. The maximum Gasteiger partial charge on any atom is 0.330 e. The average Bonchev–Trinajstić information content (AvgIpc) is 2.29. The van der Waals surface area contributed by atoms with Crippen molar-refractivity contribution in [3.8, 4) is 11.5 Å². The van der Waals surface area contributed by atoms with Crippen LogP contribution in [0.15, 0.2) is 36.9 Å². The van der Waals surface area contributed by atoms with E-state index in [0.717, 1.165) is 6.08 Å². The minimum absolute atomic E-state index is 0.0596. The van der Waals surface area contributed by atoms with Gasteiger partial charge in [0.15, 0.2) is 11.5 Å². The fraction of sp³-hybridized carbons (Fsp3) is 0.250. The Balaban J connectivity index is 2.45. The largest absolute Gasteiger partial charge is 0.504 e. The summed E-state index contributed by atoms with van der Waals surface area (Å²) in [7, 11) is 0. The summed E-state index contributed by atoms with van der Waals surface area (Å²) in [5, 5.41) is 9.43. The number of carbonyl (C=O) groups is 1. The first kappa shape index (κ1) is 12.1. The monoisotopic (exact) mass is 222 g/mol. The van der Waals surface area contributed by atoms with Gasteiger partial charge in [-0.2, -0.15) is 0 Å². The van der Waals surface area contributed by atoms with Crippen molar-refractivity contribution in [3.05, 3.63) is 36.9 Å². The highest BCUT2D eigenvalue weighted by Gasteiger charge is 2.08. The van der Waals surface area contributed by atoms with Crippen LogP contribution in [-0.2, 0) is 9.53 Å². The first-order valence-electron chi connectivity index (χ1n) is 4.87. The van der Waals surface area contributed by atoms with Gasteiger partial charge in [-0.3, -0.25) is 0 Å². The fourth-order valence-electron chi connectivity index (χ4n) is 1.07. The van der Waals surface area contributed by atoms with E-state index in [0.29, 0.717) is 5.75 Å². The van der Waals surface area contributed by atoms with Crippen molar-refractivity contribution in [2.75, 3.05) is 6.61 Å². The van der Waals surface area contributed by atoms with Gasteiger partial charge >= 0.3 is 5.97 Å². The third-order valence-electron chi connectivity index (χ3n) is 1.82. The van der Waals surface area contributed by atoms with Crippen molar-refractivity contribution >= 4 is 5.97 Å². The zero-order chi connectivity index (χ0) is 12.0. The van der Waals surface area contributed by atoms with E-state index >= 15 is 0 Å². The van der Waals surface area contributed by atoms with E-state index in [1.165, 1.54) is 6.07 Å². The molecule has 0 saturated carbocycles. The standard InChI is InChI=1S/C12H14O4/c1-3-12(14)15-8-9(2)16-11-7-5-4-6-10(11)13/h3-7,9,13H,1,8H2,2H3. The van der Waals surface area contributed by atoms with Gasteiger partial charge in [-0.15, -0.1) is 0 Å². The summed E-state index contributed by atoms with van der Waals surface area (Å²) in [6, 6.07) is 6.61. The third-order valence-corrected chi connectivity index (χ3v) is 1.82. The summed E-state index contributed by atoms with van der Waals surface area (Å²) in [6.07, 6.45) is 0.754. The molecule has 16 heavy (non-hydrogen) atoms. The molecule has 0 bridgehead atoms. The number of hydrogen-bond donors (Lipinski definition) is 1. The minimum Gasteiger partial charge on any atom is -0.504 e. The molecular weight excluding hydrogens is 208 g/mol. The summed E-state index contributed by atoms with van der Waals surface area (Å²) >= 11 is 0. The summed E-state index contributed by atoms with van der Waals surface area (Å²) in [6.45, 7) is 5.13. The molecule has 4 heteroatoms. The lowest BCUT2D eigenvalue weighted by Gasteiger charge is -2.14. The summed E-state index contributed by atoms with van der Waals surface area (Å²) < 4.78 is 10.2. The highest BCUT2D eigenvalue weighted by Crippen LogP contribution is 2.25. The summed E-state index contributed by atoms with van der Waals surface area (Å²) in [5.74, 6) is -0.0678. The Morgan fingerprint density at radius 2 is 2.25 bits per heavy atom. The molecule has 0 radical (unpaired) electrons. The molecule has 0 aliphatic carbocycles. The number of benzene rings is 1. The number of rotatable bonds is 5. The smallest absolute Gasteiger partial charge is 0.330 e. The molecule has 1 N–H and O–H groups in total. The van der Waals surface area contributed by atoms with Crippen LogP contribution in [0.3, 0.4) is 0 Å². The molecule has 1 aromatic rings. The molecule has 1 unspecified atom stereocenters. The van der Waals surface area contributed by atoms with E-state index in [1.807, 2.05) is 0 Å². The van der Waals surface area contributed by atoms with Crippen LogP contribution in [0.2, 0.25) is 0 Å². The van der Waals surface area contributed by atoms with Crippen molar-refractivity contribution in [2.24, 2.45) is 0 Å². The van der Waals surface area contributed by atoms with Gasteiger partial charge in [-0.1, -0.05) is 18.7 Å². The number of carbonyl (C=O) groups excluding carboxylic acids is 1. The van der Waals surface area contributed by atoms with E-state index < -0.39 is 5.97 Å². The van der Waals surface area contributed by atoms with Gasteiger partial charge in [0.2, 0.25) is 0 Å². The molecule has 86 valence electrons. The lowest BCUT2D eigenvalue weighted by molar-refractivity contribution is -0.139. The molecule has 0 aromatic heterocycles. The SMILES string of the molecule is C=CC(=O)OCC(C)Oc1ccccc1O. The second kappa shape index (κ2) is 5.80. The van der Waals surface area contributed by atoms with Crippen LogP contribution < -0.4 is 4.74 Å². The Morgan fingerprint density at radius 1 is 1.56 bits per heavy atom. The molecule has 0 heterocycles. The molecule has 0 aliphatic heterocycles. The highest BCUT2D eigenvalue weighted by molar-refractivity contribution is 5.81. The summed E-state index contributed by atoms with van der Waals surface area (Å²) in [4.78, 5) is 10.8. The van der Waals surface area contributed by atoms with Crippen LogP contribution in [0.4, 0.5) is 0 Å². The molecule has 1 atom stereocenters. The van der Waals surface area contributed by atoms with Gasteiger partial charge in [0.05, 0.1) is 0 Å². The van der Waals surface area contributed by atoms with Crippen LogP contribution in [-0.4, -0.2) is 23.8 Å². The zero-order valence-electron chi connectivity index (χ0n) is 9.05. The molecular formula is C12H14O4. The van der Waals surface area contributed by atoms with Crippen LogP contribution in [0, 0.1) is 0 Å². The van der Waals surface area contributed by atoms with Gasteiger partial charge in [0, 0.05) is 6.08 Å². The molecule has 1 aromatic carbocycles. The minimum atomic E-state index is -0.493. The van der Waals surface area contributed by atoms with Crippen molar-refractivity contribution in [3.63, 3.8) is 0 Å². The Bertz CT molecular complexity index is 373. The number of phenols is 1. The van der Waals surface area contributed by atoms with E-state index in [-0.39, 0.29) is 18.5 Å². The zero-order valence-corrected chi connectivity index (χ0v) is 9.05. The molecule has 0 amide bonds. The predicted molar refractivity (Wildman–Crippen MR) is 59.4 cm³/mol. The Labute approximate surface area is 94.1 Å². The Hall–Kier alpha value is -1.97. The number of aromatic hydroxyl groups is 1. The second-order valence-electron chi connectivity index (χ2n) is 3.23. The van der Waals surface area contributed by atoms with E-state index in [2.05, 4.69) is 6.58 Å². The van der Waals surface area contributed by atoms with Crippen molar-refractivity contribution in [1.82, 2.24) is 0 Å². The van der Waals surface area contributed by atoms with Crippen LogP contribution in [0.1, 0.15) is 6.92 Å². The van der Waals surface area contributed by atoms with Crippen molar-refractivity contribution in [2.45, 2.75) is 13.0 Å². The van der Waals surface area contributed by atoms with Crippen LogP contribution in [0.5, 0.6) is 11.5 Å². The summed E-state index contributed by atoms with van der Waals surface area (Å²) in [5.41, 5.74) is 0. The van der Waals surface area contributed by atoms with Gasteiger partial charge in [0.25, 0.3) is 0 Å². The first-order valence-corrected chi connectivity index (χ1v) is 4.87. The number of para-hydroxylation sites is 2. The topological polar surface area (TPSA) is 55.8 Å². The Morgan fingerprint density at radius 3 is 2.88 bits per heavy atom. The second-order valence-corrected chi connectivity index (χ2v) is 3.23. The normalized spacial score (nSPS) is 11.6. The maximum absolute atomic E-state index is 10.8. The van der Waals surface area contributed by atoms with Crippen LogP contribution >= 0.6 is 0 Å². The van der Waals surface area contributed by atoms with Crippen LogP contribution in [0.25, 0.3) is 0 Å². The van der Waals surface area contributed by atoms with Gasteiger partial charge < -0.3 is 14.6 Å². The number of esters is 1. The number of hydrogen-bond acceptors (Lipinski definition) is 4. The molecule has 0 aliphatic rings. The van der Waals surface area contributed by atoms with E-state index in [1.54, 1.807) is 25.1 Å². The van der Waals surface area contributed by atoms with E-state index in [4.69, 9.17) is 9.47 Å². The molecule has 0 spiro atoms. The Kier molecular flexibility index (Phi) is 4.39. The van der Waals surface area contributed by atoms with Gasteiger partial charge in [-0.25, -0.2) is 4.79 Å². The maximum atomic E-state index is 10.8. The fourth-order valence-corrected chi connectivity index (χ4v) is 1.07. The lowest BCUT2D eigenvalue weighted by Crippen LogP contribution is -2.20. The first-order chi connectivity index (χ1) is 7.63. The van der Waals surface area contributed by atoms with Gasteiger partial charge in [-0.05, 0) is 19.1 Å². The molecule has 0 fully saturated rings. The number of phenolic OH excluding ortho intramolecular Hbond substituents is 1. The molecule has 4 nitrogen and oxygen atoms in total. The van der Waals surface area contributed by atoms with Crippen molar-refractivity contribution < 1.29 is 19.4 Å². The third kappa shape index (κ3) is 3.65. The molecule has 0 saturated heterocycles. The number of ether oxygens (including phenoxy) is 2. The van der Waals surface area contributed by atoms with E-state index in [9.17, 15) is 9.90 Å². The quantitative estimate of drug-likeness (QED) is 0.610. The van der Waals surface area contributed by atoms with Crippen molar-refractivity contribution in [1.29, 1.82) is 0 Å². The average molecular weight is 222 g/mol. The molecule has 1 rings (SSSR count).